The highest BCUT2D eigenvalue weighted by Crippen LogP contribution is 2.31. The molecule has 0 atom stereocenters. The number of carbonyl (C=O) groups excluding carboxylic acids is 1. The van der Waals surface area contributed by atoms with Gasteiger partial charge in [0.2, 0.25) is 5.91 Å². The first-order chi connectivity index (χ1) is 15.8. The van der Waals surface area contributed by atoms with E-state index in [4.69, 9.17) is 9.47 Å². The van der Waals surface area contributed by atoms with Gasteiger partial charge < -0.3 is 19.3 Å². The Morgan fingerprint density at radius 1 is 1.03 bits per heavy atom. The van der Waals surface area contributed by atoms with E-state index in [-0.39, 0.29) is 5.91 Å². The van der Waals surface area contributed by atoms with Crippen molar-refractivity contribution in [1.82, 2.24) is 9.88 Å². The molecular formula is C23H25N3O5S2. The molecule has 0 spiro atoms. The summed E-state index contributed by atoms with van der Waals surface area (Å²) in [7, 11) is -0.102. The number of piperazine rings is 1. The number of nitrogens with zero attached hydrogens (tertiary/aromatic N) is 3. The second-order valence-corrected chi connectivity index (χ2v) is 10.7. The third-order valence-corrected chi connectivity index (χ3v) is 7.65. The van der Waals surface area contributed by atoms with Crippen LogP contribution >= 0.6 is 11.3 Å². The number of hydrogen-bond acceptors (Lipinski definition) is 8. The molecule has 0 radical (unpaired) electrons. The molecule has 8 nitrogen and oxygen atoms in total. The number of amides is 1. The van der Waals surface area contributed by atoms with Crippen molar-refractivity contribution in [3.63, 3.8) is 0 Å². The zero-order chi connectivity index (χ0) is 23.6. The minimum absolute atomic E-state index is 0.0495. The molecule has 0 saturated carbocycles. The first kappa shape index (κ1) is 23.1. The molecule has 0 aliphatic carbocycles. The summed E-state index contributed by atoms with van der Waals surface area (Å²) in [5, 5.41) is 0.837. The average Bonchev–Trinajstić information content (AvgIpc) is 3.25. The molecule has 3 aromatic rings. The van der Waals surface area contributed by atoms with E-state index in [0.29, 0.717) is 42.6 Å². The molecule has 1 saturated heterocycles. The van der Waals surface area contributed by atoms with Crippen LogP contribution in [-0.4, -0.2) is 70.9 Å². The van der Waals surface area contributed by atoms with Crippen LogP contribution in [0.1, 0.15) is 5.56 Å². The first-order valence-electron chi connectivity index (χ1n) is 10.3. The van der Waals surface area contributed by atoms with E-state index < -0.39 is 9.84 Å². The maximum absolute atomic E-state index is 12.7. The van der Waals surface area contributed by atoms with Crippen molar-refractivity contribution in [2.75, 3.05) is 51.6 Å². The molecular weight excluding hydrogens is 462 g/mol. The molecule has 174 valence electrons. The highest BCUT2D eigenvalue weighted by atomic mass is 32.2. The summed E-state index contributed by atoms with van der Waals surface area (Å²) in [4.78, 5) is 21.5. The Labute approximate surface area is 197 Å². The second kappa shape index (κ2) is 9.40. The van der Waals surface area contributed by atoms with Gasteiger partial charge in [-0.25, -0.2) is 13.4 Å². The molecule has 2 heterocycles. The number of carbonyl (C=O) groups is 1. The van der Waals surface area contributed by atoms with Gasteiger partial charge >= 0.3 is 0 Å². The van der Waals surface area contributed by atoms with Crippen LogP contribution in [-0.2, 0) is 14.6 Å². The van der Waals surface area contributed by atoms with Crippen LogP contribution in [0.5, 0.6) is 11.5 Å². The summed E-state index contributed by atoms with van der Waals surface area (Å²) >= 11 is 1.47. The van der Waals surface area contributed by atoms with Gasteiger partial charge in [-0.3, -0.25) is 4.79 Å². The van der Waals surface area contributed by atoms with Crippen LogP contribution in [0.15, 0.2) is 47.4 Å². The van der Waals surface area contributed by atoms with Crippen LogP contribution in [0.25, 0.3) is 16.3 Å². The second-order valence-electron chi connectivity index (χ2n) is 7.66. The molecule has 1 fully saturated rings. The number of benzene rings is 2. The van der Waals surface area contributed by atoms with Gasteiger partial charge in [-0.05, 0) is 42.0 Å². The number of thiazole rings is 1. The first-order valence-corrected chi connectivity index (χ1v) is 13.0. The highest BCUT2D eigenvalue weighted by Gasteiger charge is 2.22. The van der Waals surface area contributed by atoms with Crippen molar-refractivity contribution < 1.29 is 22.7 Å². The quantitative estimate of drug-likeness (QED) is 0.494. The Bertz CT molecular complexity index is 1310. The van der Waals surface area contributed by atoms with Gasteiger partial charge in [0.1, 0.15) is 0 Å². The lowest BCUT2D eigenvalue weighted by Gasteiger charge is -2.34. The summed E-state index contributed by atoms with van der Waals surface area (Å²) < 4.78 is 35.0. The van der Waals surface area contributed by atoms with Gasteiger partial charge in [0.05, 0.1) is 29.3 Å². The Hall–Kier alpha value is -3.11. The smallest absolute Gasteiger partial charge is 0.246 e. The maximum atomic E-state index is 12.7. The Morgan fingerprint density at radius 3 is 2.42 bits per heavy atom. The summed E-state index contributed by atoms with van der Waals surface area (Å²) in [6.45, 7) is 2.49. The maximum Gasteiger partial charge on any atom is 0.246 e. The van der Waals surface area contributed by atoms with Crippen molar-refractivity contribution in [1.29, 1.82) is 0 Å². The van der Waals surface area contributed by atoms with Gasteiger partial charge in [0, 0.05) is 38.5 Å². The van der Waals surface area contributed by atoms with E-state index in [2.05, 4.69) is 9.88 Å². The van der Waals surface area contributed by atoms with Gasteiger partial charge in [0.25, 0.3) is 0 Å². The van der Waals surface area contributed by atoms with Crippen molar-refractivity contribution in [3.05, 3.63) is 48.0 Å². The van der Waals surface area contributed by atoms with Crippen LogP contribution in [0.2, 0.25) is 0 Å². The number of ether oxygens (including phenoxy) is 2. The van der Waals surface area contributed by atoms with E-state index in [1.807, 2.05) is 17.0 Å². The lowest BCUT2D eigenvalue weighted by Crippen LogP contribution is -2.48. The molecule has 0 unspecified atom stereocenters. The number of hydrogen-bond donors (Lipinski definition) is 0. The molecule has 0 N–H and O–H groups in total. The van der Waals surface area contributed by atoms with Crippen molar-refractivity contribution in [2.24, 2.45) is 0 Å². The van der Waals surface area contributed by atoms with Gasteiger partial charge in [-0.15, -0.1) is 0 Å². The third-order valence-electron chi connectivity index (χ3n) is 5.46. The molecule has 0 bridgehead atoms. The summed E-state index contributed by atoms with van der Waals surface area (Å²) in [6, 6.07) is 10.5. The lowest BCUT2D eigenvalue weighted by atomic mass is 10.2. The van der Waals surface area contributed by atoms with Crippen LogP contribution in [0.3, 0.4) is 0 Å². The van der Waals surface area contributed by atoms with E-state index >= 15 is 0 Å². The fourth-order valence-electron chi connectivity index (χ4n) is 3.61. The molecule has 4 rings (SSSR count). The van der Waals surface area contributed by atoms with Crippen LogP contribution < -0.4 is 14.4 Å². The van der Waals surface area contributed by atoms with Crippen LogP contribution in [0.4, 0.5) is 5.13 Å². The molecule has 1 aliphatic heterocycles. The molecule has 33 heavy (non-hydrogen) atoms. The van der Waals surface area contributed by atoms with Crippen molar-refractivity contribution in [2.45, 2.75) is 4.90 Å². The minimum Gasteiger partial charge on any atom is -0.493 e. The monoisotopic (exact) mass is 487 g/mol. The van der Waals surface area contributed by atoms with Gasteiger partial charge in [-0.1, -0.05) is 17.4 Å². The largest absolute Gasteiger partial charge is 0.493 e. The summed E-state index contributed by atoms with van der Waals surface area (Å²) in [5.74, 6) is 1.20. The van der Waals surface area contributed by atoms with Crippen molar-refractivity contribution >= 4 is 48.5 Å². The minimum atomic E-state index is -3.26. The fourth-order valence-corrected chi connectivity index (χ4v) is 5.38. The van der Waals surface area contributed by atoms with E-state index in [0.717, 1.165) is 20.9 Å². The van der Waals surface area contributed by atoms with Crippen molar-refractivity contribution in [3.8, 4) is 11.5 Å². The Balaban J connectivity index is 1.39. The predicted molar refractivity (Wildman–Crippen MR) is 130 cm³/mol. The van der Waals surface area contributed by atoms with E-state index in [1.54, 1.807) is 50.6 Å². The lowest BCUT2D eigenvalue weighted by molar-refractivity contribution is -0.126. The normalized spacial score (nSPS) is 14.8. The Kier molecular flexibility index (Phi) is 6.57. The average molecular weight is 488 g/mol. The third kappa shape index (κ3) is 5.12. The number of rotatable bonds is 6. The number of fused-ring (bicyclic) bond motifs is 1. The molecule has 10 heteroatoms. The Morgan fingerprint density at radius 2 is 1.76 bits per heavy atom. The zero-order valence-electron chi connectivity index (χ0n) is 18.6. The summed E-state index contributed by atoms with van der Waals surface area (Å²) in [5.41, 5.74) is 1.63. The molecule has 1 aromatic heterocycles. The topological polar surface area (TPSA) is 89.0 Å². The van der Waals surface area contributed by atoms with Gasteiger partial charge in [-0.2, -0.15) is 0 Å². The molecule has 1 amide bonds. The van der Waals surface area contributed by atoms with Crippen LogP contribution in [0, 0.1) is 0 Å². The fraction of sp³-hybridized carbons (Fsp3) is 0.304. The number of methoxy groups -OCH3 is 2. The highest BCUT2D eigenvalue weighted by molar-refractivity contribution is 7.90. The van der Waals surface area contributed by atoms with E-state index in [9.17, 15) is 13.2 Å². The molecule has 2 aromatic carbocycles. The van der Waals surface area contributed by atoms with Gasteiger partial charge in [0.15, 0.2) is 26.5 Å². The molecule has 1 aliphatic rings. The SMILES string of the molecule is COc1ccc(/C=C\C(=O)N2CCN(c3nc4ccc(S(C)(=O)=O)cc4s3)CC2)cc1OC. The zero-order valence-corrected chi connectivity index (χ0v) is 20.3. The number of anilines is 1. The number of sulfone groups is 1. The standard InChI is InChI=1S/C23H25N3O5S2/c1-30-19-8-4-16(14-20(19)31-2)5-9-22(27)25-10-12-26(13-11-25)23-24-18-7-6-17(33(3,28)29)15-21(18)32-23/h4-9,14-15H,10-13H2,1-3H3/b9-5-. The number of aromatic nitrogens is 1. The summed E-state index contributed by atoms with van der Waals surface area (Å²) in [6.07, 6.45) is 4.54. The van der Waals surface area contributed by atoms with E-state index in [1.165, 1.54) is 17.6 Å². The predicted octanol–water partition coefficient (Wildman–Crippen LogP) is 3.08.